The number of fused-ring (bicyclic) bond motifs is 3. The van der Waals surface area contributed by atoms with E-state index in [-0.39, 0.29) is 12.5 Å². The molecule has 0 saturated heterocycles. The van der Waals surface area contributed by atoms with Gasteiger partial charge in [-0.3, -0.25) is 9.20 Å². The largest absolute Gasteiger partial charge is 0.468 e. The van der Waals surface area contributed by atoms with Crippen molar-refractivity contribution in [3.05, 3.63) is 76.3 Å². The quantitative estimate of drug-likeness (QED) is 0.511. The number of benzene rings is 2. The van der Waals surface area contributed by atoms with Gasteiger partial charge < -0.3 is 10.1 Å². The van der Waals surface area contributed by atoms with Gasteiger partial charge in [-0.05, 0) is 37.1 Å². The minimum absolute atomic E-state index is 0.0182. The molecule has 0 fully saturated rings. The molecule has 0 saturated carbocycles. The van der Waals surface area contributed by atoms with E-state index in [9.17, 15) is 10.1 Å². The van der Waals surface area contributed by atoms with Gasteiger partial charge in [0.15, 0.2) is 5.65 Å². The molecule has 0 bridgehead atoms. The van der Waals surface area contributed by atoms with E-state index in [0.717, 1.165) is 33.5 Å². The average Bonchev–Trinajstić information content (AvgIpc) is 3.14. The van der Waals surface area contributed by atoms with E-state index >= 15 is 0 Å². The highest BCUT2D eigenvalue weighted by molar-refractivity contribution is 5.87. The van der Waals surface area contributed by atoms with Crippen molar-refractivity contribution in [1.82, 2.24) is 9.38 Å². The maximum Gasteiger partial charge on any atom is 0.325 e. The van der Waals surface area contributed by atoms with Gasteiger partial charge in [-0.25, -0.2) is 4.98 Å². The molecule has 2 aromatic carbocycles. The van der Waals surface area contributed by atoms with Crippen molar-refractivity contribution in [2.75, 3.05) is 19.0 Å². The SMILES string of the molecule is COC(=O)CNc1c(Cc2ccc(C)cc2)c(C)c(C#N)c2nc3ccccc3n12. The zero-order chi connectivity index (χ0) is 21.3. The van der Waals surface area contributed by atoms with Gasteiger partial charge in [-0.1, -0.05) is 42.0 Å². The topological polar surface area (TPSA) is 79.4 Å². The van der Waals surface area contributed by atoms with Gasteiger partial charge in [-0.15, -0.1) is 0 Å². The smallest absolute Gasteiger partial charge is 0.325 e. The molecule has 4 aromatic rings. The molecule has 1 N–H and O–H groups in total. The number of carbonyl (C=O) groups is 1. The number of nitrogens with zero attached hydrogens (tertiary/aromatic N) is 3. The van der Waals surface area contributed by atoms with Gasteiger partial charge in [-0.2, -0.15) is 5.26 Å². The molecule has 0 radical (unpaired) electrons. The van der Waals surface area contributed by atoms with E-state index in [4.69, 9.17) is 9.72 Å². The van der Waals surface area contributed by atoms with Crippen LogP contribution in [0.25, 0.3) is 16.7 Å². The number of aromatic nitrogens is 2. The number of rotatable bonds is 5. The van der Waals surface area contributed by atoms with Gasteiger partial charge in [0.25, 0.3) is 0 Å². The summed E-state index contributed by atoms with van der Waals surface area (Å²) >= 11 is 0. The van der Waals surface area contributed by atoms with Crippen molar-refractivity contribution in [3.8, 4) is 6.07 Å². The Morgan fingerprint density at radius 1 is 1.17 bits per heavy atom. The molecule has 0 aliphatic rings. The summed E-state index contributed by atoms with van der Waals surface area (Å²) in [7, 11) is 1.36. The predicted molar refractivity (Wildman–Crippen MR) is 117 cm³/mol. The number of para-hydroxylation sites is 2. The van der Waals surface area contributed by atoms with Crippen molar-refractivity contribution in [1.29, 1.82) is 5.26 Å². The van der Waals surface area contributed by atoms with Crippen molar-refractivity contribution in [2.45, 2.75) is 20.3 Å². The molecular weight excluding hydrogens is 376 g/mol. The number of nitrogens with one attached hydrogen (secondary N) is 1. The minimum Gasteiger partial charge on any atom is -0.468 e. The molecule has 4 rings (SSSR count). The van der Waals surface area contributed by atoms with Crippen LogP contribution in [-0.2, 0) is 16.0 Å². The number of aryl methyl sites for hydroxylation is 1. The van der Waals surface area contributed by atoms with Gasteiger partial charge in [0.1, 0.15) is 18.4 Å². The summed E-state index contributed by atoms with van der Waals surface area (Å²) in [6.07, 6.45) is 0.618. The number of hydrogen-bond donors (Lipinski definition) is 1. The Labute approximate surface area is 174 Å². The number of esters is 1. The van der Waals surface area contributed by atoms with Crippen LogP contribution in [0.3, 0.4) is 0 Å². The molecule has 0 unspecified atom stereocenters. The number of hydrogen-bond acceptors (Lipinski definition) is 5. The lowest BCUT2D eigenvalue weighted by atomic mass is 9.97. The van der Waals surface area contributed by atoms with Crippen molar-refractivity contribution >= 4 is 28.5 Å². The van der Waals surface area contributed by atoms with Crippen molar-refractivity contribution in [2.24, 2.45) is 0 Å². The second-order valence-corrected chi connectivity index (χ2v) is 7.29. The monoisotopic (exact) mass is 398 g/mol. The Bertz CT molecular complexity index is 1300. The van der Waals surface area contributed by atoms with Gasteiger partial charge >= 0.3 is 5.97 Å². The second-order valence-electron chi connectivity index (χ2n) is 7.29. The minimum atomic E-state index is -0.365. The van der Waals surface area contributed by atoms with Crippen molar-refractivity contribution in [3.63, 3.8) is 0 Å². The van der Waals surface area contributed by atoms with Crippen LogP contribution in [0.5, 0.6) is 0 Å². The lowest BCUT2D eigenvalue weighted by Crippen LogP contribution is -2.19. The maximum absolute atomic E-state index is 11.9. The lowest BCUT2D eigenvalue weighted by Gasteiger charge is -2.18. The van der Waals surface area contributed by atoms with Gasteiger partial charge in [0.05, 0.1) is 23.7 Å². The summed E-state index contributed by atoms with van der Waals surface area (Å²) < 4.78 is 6.76. The first kappa shape index (κ1) is 19.5. The lowest BCUT2D eigenvalue weighted by molar-refractivity contribution is -0.138. The molecule has 0 atom stereocenters. The third kappa shape index (κ3) is 3.35. The predicted octanol–water partition coefficient (Wildman–Crippen LogP) is 4.15. The van der Waals surface area contributed by atoms with E-state index in [0.29, 0.717) is 17.6 Å². The first-order valence-corrected chi connectivity index (χ1v) is 9.72. The summed E-state index contributed by atoms with van der Waals surface area (Å²) in [5, 5.41) is 13.2. The first-order chi connectivity index (χ1) is 14.5. The molecule has 0 aliphatic heterocycles. The van der Waals surface area contributed by atoms with Crippen LogP contribution in [0.15, 0.2) is 48.5 Å². The van der Waals surface area contributed by atoms with E-state index in [1.54, 1.807) is 0 Å². The van der Waals surface area contributed by atoms with Crippen LogP contribution in [0.4, 0.5) is 5.82 Å². The van der Waals surface area contributed by atoms with Crippen LogP contribution in [-0.4, -0.2) is 29.0 Å². The Kier molecular flexibility index (Phi) is 5.11. The molecule has 150 valence electrons. The fraction of sp³-hybridized carbons (Fsp3) is 0.208. The molecule has 0 amide bonds. The first-order valence-electron chi connectivity index (χ1n) is 9.72. The number of methoxy groups -OCH3 is 1. The normalized spacial score (nSPS) is 10.9. The molecule has 0 aliphatic carbocycles. The van der Waals surface area contributed by atoms with E-state index in [1.165, 1.54) is 12.7 Å². The summed E-state index contributed by atoms with van der Waals surface area (Å²) in [6, 6.07) is 18.4. The van der Waals surface area contributed by atoms with Crippen LogP contribution in [0, 0.1) is 25.2 Å². The Balaban J connectivity index is 2.00. The van der Waals surface area contributed by atoms with Gasteiger partial charge in [0.2, 0.25) is 0 Å². The highest BCUT2D eigenvalue weighted by atomic mass is 16.5. The number of nitriles is 1. The van der Waals surface area contributed by atoms with Crippen molar-refractivity contribution < 1.29 is 9.53 Å². The zero-order valence-electron chi connectivity index (χ0n) is 17.2. The highest BCUT2D eigenvalue weighted by Crippen LogP contribution is 2.32. The van der Waals surface area contributed by atoms with Crippen LogP contribution >= 0.6 is 0 Å². The van der Waals surface area contributed by atoms with E-state index in [1.807, 2.05) is 35.6 Å². The number of pyridine rings is 1. The molecule has 6 heteroatoms. The standard InChI is InChI=1S/C24H22N4O2/c1-15-8-10-17(11-9-15)12-18-16(2)19(13-25)24-27-20-6-4-5-7-21(20)28(24)23(18)26-14-22(29)30-3/h4-11,26H,12,14H2,1-3H3. The summed E-state index contributed by atoms with van der Waals surface area (Å²) in [4.78, 5) is 16.6. The summed E-state index contributed by atoms with van der Waals surface area (Å²) in [5.74, 6) is 0.386. The van der Waals surface area contributed by atoms with Gasteiger partial charge in [0, 0.05) is 12.0 Å². The van der Waals surface area contributed by atoms with Crippen LogP contribution in [0.1, 0.15) is 27.8 Å². The van der Waals surface area contributed by atoms with Crippen LogP contribution < -0.4 is 5.32 Å². The number of anilines is 1. The highest BCUT2D eigenvalue weighted by Gasteiger charge is 2.21. The molecule has 6 nitrogen and oxygen atoms in total. The Hall–Kier alpha value is -3.85. The molecular formula is C24H22N4O2. The summed E-state index contributed by atoms with van der Waals surface area (Å²) in [6.45, 7) is 4.00. The third-order valence-corrected chi connectivity index (χ3v) is 5.36. The number of ether oxygens (including phenoxy) is 1. The summed E-state index contributed by atoms with van der Waals surface area (Å²) in [5.41, 5.74) is 6.91. The molecule has 2 aromatic heterocycles. The fourth-order valence-corrected chi connectivity index (χ4v) is 3.73. The number of imidazole rings is 1. The zero-order valence-corrected chi connectivity index (χ0v) is 17.2. The fourth-order valence-electron chi connectivity index (χ4n) is 3.73. The number of carbonyl (C=O) groups excluding carboxylic acids is 1. The second kappa shape index (κ2) is 7.88. The maximum atomic E-state index is 11.9. The third-order valence-electron chi connectivity index (χ3n) is 5.36. The van der Waals surface area contributed by atoms with E-state index in [2.05, 4.69) is 42.6 Å². The Morgan fingerprint density at radius 3 is 2.60 bits per heavy atom. The molecule has 30 heavy (non-hydrogen) atoms. The van der Waals surface area contributed by atoms with E-state index < -0.39 is 0 Å². The average molecular weight is 398 g/mol. The molecule has 2 heterocycles. The van der Waals surface area contributed by atoms with Crippen LogP contribution in [0.2, 0.25) is 0 Å². The Morgan fingerprint density at radius 2 is 1.90 bits per heavy atom. The molecule has 0 spiro atoms.